The van der Waals surface area contributed by atoms with Crippen molar-refractivity contribution in [2.75, 3.05) is 13.2 Å². The van der Waals surface area contributed by atoms with E-state index < -0.39 is 12.1 Å². The van der Waals surface area contributed by atoms with Gasteiger partial charge in [0.25, 0.3) is 0 Å². The first-order valence-electron chi connectivity index (χ1n) is 37.2. The molecule has 0 saturated heterocycles. The molecular weight excluding hydrogens is 1010 g/mol. The fourth-order valence-electron chi connectivity index (χ4n) is 11.7. The Morgan fingerprint density at radius 2 is 0.610 bits per heavy atom. The summed E-state index contributed by atoms with van der Waals surface area (Å²) in [6.45, 7) is 4.98. The molecule has 0 radical (unpaired) electrons. The Bertz CT molecular complexity index is 1330. The zero-order valence-corrected chi connectivity index (χ0v) is 55.5. The van der Waals surface area contributed by atoms with Crippen molar-refractivity contribution in [1.82, 2.24) is 5.32 Å². The normalized spacial score (nSPS) is 12.7. The van der Waals surface area contributed by atoms with E-state index in [4.69, 9.17) is 4.74 Å². The van der Waals surface area contributed by atoms with Gasteiger partial charge in [-0.15, -0.1) is 0 Å². The van der Waals surface area contributed by atoms with E-state index in [9.17, 15) is 19.8 Å². The molecular formula is C76H145NO5. The Hall–Kier alpha value is -1.92. The molecule has 6 nitrogen and oxygen atoms in total. The minimum atomic E-state index is -0.667. The number of carbonyl (C=O) groups is 2. The van der Waals surface area contributed by atoms with Crippen LogP contribution < -0.4 is 5.32 Å². The third-order valence-electron chi connectivity index (χ3n) is 17.4. The number of amides is 1. The maximum atomic E-state index is 12.6. The van der Waals surface area contributed by atoms with Crippen molar-refractivity contribution in [3.8, 4) is 0 Å². The molecule has 0 aromatic carbocycles. The summed E-state index contributed by atoms with van der Waals surface area (Å²) in [6.07, 6.45) is 92.1. The standard InChI is InChI=1S/C76H145NO5/c1-3-5-7-9-11-13-15-17-19-20-21-22-32-35-38-41-44-48-52-56-60-64-68-74(79)73(72-78)77-75(80)69-65-61-57-53-49-45-42-39-36-33-30-28-26-24-23-25-27-29-31-34-37-40-43-47-51-55-59-63-67-71-82-76(81)70-66-62-58-54-50-46-18-16-14-12-10-8-6-4-2/h16,18,23,25,29,31,73-74,78-79H,3-15,17,19-22,24,26-28,30,32-72H2,1-2H3,(H,77,80)/b18-16-,25-23-,31-29-. The minimum Gasteiger partial charge on any atom is -0.466 e. The number of hydrogen-bond donors (Lipinski definition) is 3. The van der Waals surface area contributed by atoms with Crippen LogP contribution in [0.25, 0.3) is 0 Å². The van der Waals surface area contributed by atoms with Gasteiger partial charge in [-0.1, -0.05) is 352 Å². The van der Waals surface area contributed by atoms with Crippen LogP contribution in [0, 0.1) is 0 Å². The Morgan fingerprint density at radius 3 is 0.939 bits per heavy atom. The number of allylic oxidation sites excluding steroid dienone is 6. The molecule has 1 amide bonds. The van der Waals surface area contributed by atoms with Crippen molar-refractivity contribution in [1.29, 1.82) is 0 Å². The molecule has 0 rings (SSSR count). The van der Waals surface area contributed by atoms with Crippen molar-refractivity contribution < 1.29 is 24.5 Å². The van der Waals surface area contributed by atoms with Gasteiger partial charge in [0.1, 0.15) is 0 Å². The molecule has 0 spiro atoms. The number of ether oxygens (including phenoxy) is 1. The van der Waals surface area contributed by atoms with Crippen molar-refractivity contribution in [2.45, 2.75) is 424 Å². The predicted octanol–water partition coefficient (Wildman–Crippen LogP) is 24.3. The molecule has 0 aliphatic carbocycles. The highest BCUT2D eigenvalue weighted by molar-refractivity contribution is 5.76. The molecule has 0 heterocycles. The minimum absolute atomic E-state index is 0.00405. The smallest absolute Gasteiger partial charge is 0.305 e. The molecule has 0 saturated carbocycles. The van der Waals surface area contributed by atoms with Gasteiger partial charge in [0.05, 0.1) is 25.4 Å². The van der Waals surface area contributed by atoms with Gasteiger partial charge in [0.15, 0.2) is 0 Å². The molecule has 0 aromatic rings. The summed E-state index contributed by atoms with van der Waals surface area (Å²) in [5.74, 6) is -0.0275. The average molecular weight is 1150 g/mol. The first kappa shape index (κ1) is 80.1. The van der Waals surface area contributed by atoms with Crippen LogP contribution in [0.4, 0.5) is 0 Å². The Labute approximate surface area is 513 Å². The van der Waals surface area contributed by atoms with Crippen molar-refractivity contribution in [3.63, 3.8) is 0 Å². The molecule has 2 atom stereocenters. The molecule has 3 N–H and O–H groups in total. The van der Waals surface area contributed by atoms with Gasteiger partial charge in [-0.05, 0) is 83.5 Å². The fraction of sp³-hybridized carbons (Fsp3) is 0.895. The number of rotatable bonds is 70. The highest BCUT2D eigenvalue weighted by Gasteiger charge is 2.20. The monoisotopic (exact) mass is 1150 g/mol. The molecule has 0 aliphatic heterocycles. The van der Waals surface area contributed by atoms with Crippen molar-refractivity contribution in [2.24, 2.45) is 0 Å². The lowest BCUT2D eigenvalue weighted by Crippen LogP contribution is -2.45. The number of aliphatic hydroxyl groups is 2. The van der Waals surface area contributed by atoms with Crippen LogP contribution in [0.15, 0.2) is 36.5 Å². The van der Waals surface area contributed by atoms with Gasteiger partial charge in [-0.3, -0.25) is 9.59 Å². The van der Waals surface area contributed by atoms with E-state index in [2.05, 4.69) is 55.6 Å². The maximum absolute atomic E-state index is 12.6. The van der Waals surface area contributed by atoms with Crippen LogP contribution in [-0.2, 0) is 14.3 Å². The lowest BCUT2D eigenvalue weighted by molar-refractivity contribution is -0.143. The zero-order valence-electron chi connectivity index (χ0n) is 55.5. The molecule has 0 aliphatic rings. The van der Waals surface area contributed by atoms with E-state index in [1.165, 1.54) is 327 Å². The van der Waals surface area contributed by atoms with Crippen LogP contribution in [0.2, 0.25) is 0 Å². The van der Waals surface area contributed by atoms with Gasteiger partial charge >= 0.3 is 5.97 Å². The lowest BCUT2D eigenvalue weighted by atomic mass is 10.0. The summed E-state index contributed by atoms with van der Waals surface area (Å²) in [5.41, 5.74) is 0. The summed E-state index contributed by atoms with van der Waals surface area (Å²) in [6, 6.07) is -0.544. The molecule has 82 heavy (non-hydrogen) atoms. The van der Waals surface area contributed by atoms with Crippen molar-refractivity contribution >= 4 is 11.9 Å². The zero-order chi connectivity index (χ0) is 59.2. The first-order valence-corrected chi connectivity index (χ1v) is 37.2. The van der Waals surface area contributed by atoms with E-state index >= 15 is 0 Å². The van der Waals surface area contributed by atoms with Crippen LogP contribution in [0.1, 0.15) is 412 Å². The number of esters is 1. The Balaban J connectivity index is 3.41. The largest absolute Gasteiger partial charge is 0.466 e. The topological polar surface area (TPSA) is 95.9 Å². The third kappa shape index (κ3) is 67.2. The second-order valence-corrected chi connectivity index (χ2v) is 25.6. The molecule has 484 valence electrons. The van der Waals surface area contributed by atoms with E-state index in [1.54, 1.807) is 0 Å². The summed E-state index contributed by atoms with van der Waals surface area (Å²) in [5, 5.41) is 23.4. The highest BCUT2D eigenvalue weighted by atomic mass is 16.5. The van der Waals surface area contributed by atoms with Crippen LogP contribution in [0.5, 0.6) is 0 Å². The molecule has 0 aromatic heterocycles. The first-order chi connectivity index (χ1) is 40.5. The molecule has 6 heteroatoms. The maximum Gasteiger partial charge on any atom is 0.305 e. The average Bonchev–Trinajstić information content (AvgIpc) is 3.48. The van der Waals surface area contributed by atoms with E-state index in [0.29, 0.717) is 25.9 Å². The summed E-state index contributed by atoms with van der Waals surface area (Å²) < 4.78 is 5.48. The summed E-state index contributed by atoms with van der Waals surface area (Å²) >= 11 is 0. The lowest BCUT2D eigenvalue weighted by Gasteiger charge is -2.22. The number of unbranched alkanes of at least 4 members (excludes halogenated alkanes) is 53. The summed E-state index contributed by atoms with van der Waals surface area (Å²) in [7, 11) is 0. The van der Waals surface area contributed by atoms with Crippen molar-refractivity contribution in [3.05, 3.63) is 36.5 Å². The number of aliphatic hydroxyl groups excluding tert-OH is 2. The third-order valence-corrected chi connectivity index (χ3v) is 17.4. The quantitative estimate of drug-likeness (QED) is 0.0320. The second-order valence-electron chi connectivity index (χ2n) is 25.6. The van der Waals surface area contributed by atoms with Crippen LogP contribution in [-0.4, -0.2) is 47.4 Å². The van der Waals surface area contributed by atoms with E-state index in [1.807, 2.05) is 0 Å². The van der Waals surface area contributed by atoms with E-state index in [-0.39, 0.29) is 18.5 Å². The SMILES string of the molecule is CCCCCCC/C=C\CCCCCCCC(=O)OCCCCCCCCCCC/C=C\C/C=C\CCCCCCCCCCCCCCCC(=O)NC(CO)C(O)CCCCCCCCCCCCCCCCCCCCCCCC. The molecule has 0 fully saturated rings. The Kier molecular flexibility index (Phi) is 69.9. The molecule has 2 unspecified atom stereocenters. The Morgan fingerprint density at radius 1 is 0.341 bits per heavy atom. The molecule has 0 bridgehead atoms. The van der Waals surface area contributed by atoms with Gasteiger partial charge in [0.2, 0.25) is 5.91 Å². The fourth-order valence-corrected chi connectivity index (χ4v) is 11.7. The van der Waals surface area contributed by atoms with Crippen LogP contribution in [0.3, 0.4) is 0 Å². The second kappa shape index (κ2) is 71.6. The van der Waals surface area contributed by atoms with Gasteiger partial charge < -0.3 is 20.3 Å². The van der Waals surface area contributed by atoms with Gasteiger partial charge in [-0.25, -0.2) is 0 Å². The van der Waals surface area contributed by atoms with E-state index in [0.717, 1.165) is 51.4 Å². The number of hydrogen-bond acceptors (Lipinski definition) is 5. The number of nitrogens with one attached hydrogen (secondary N) is 1. The predicted molar refractivity (Wildman–Crippen MR) is 361 cm³/mol. The van der Waals surface area contributed by atoms with Gasteiger partial charge in [0, 0.05) is 12.8 Å². The number of carbonyl (C=O) groups excluding carboxylic acids is 2. The summed E-state index contributed by atoms with van der Waals surface area (Å²) in [4.78, 5) is 24.6. The van der Waals surface area contributed by atoms with Crippen LogP contribution >= 0.6 is 0 Å². The van der Waals surface area contributed by atoms with Gasteiger partial charge in [-0.2, -0.15) is 0 Å². The highest BCUT2D eigenvalue weighted by Crippen LogP contribution is 2.19.